The number of hydrogen-bond acceptors (Lipinski definition) is 3. The molecule has 1 aliphatic rings. The second-order valence-electron chi connectivity index (χ2n) is 7.51. The maximum absolute atomic E-state index is 13.0. The lowest BCUT2D eigenvalue weighted by Gasteiger charge is -2.44. The molecule has 4 rings (SSSR count). The summed E-state index contributed by atoms with van der Waals surface area (Å²) in [5.41, 5.74) is 1.27. The van der Waals surface area contributed by atoms with E-state index in [4.69, 9.17) is 0 Å². The van der Waals surface area contributed by atoms with Crippen molar-refractivity contribution in [2.24, 2.45) is 0 Å². The summed E-state index contributed by atoms with van der Waals surface area (Å²) in [6.45, 7) is 1.21. The number of likely N-dealkylation sites (tertiary alicyclic amines) is 1. The molecule has 2 aromatic carbocycles. The van der Waals surface area contributed by atoms with Crippen molar-refractivity contribution in [3.05, 3.63) is 104 Å². The van der Waals surface area contributed by atoms with E-state index in [0.717, 1.165) is 12.8 Å². The van der Waals surface area contributed by atoms with Crippen LogP contribution in [0.3, 0.4) is 0 Å². The number of piperidine rings is 1. The van der Waals surface area contributed by atoms with Crippen molar-refractivity contribution >= 4 is 5.91 Å². The second-order valence-corrected chi connectivity index (χ2v) is 7.51. The van der Waals surface area contributed by atoms with Gasteiger partial charge >= 0.3 is 5.69 Å². The van der Waals surface area contributed by atoms with E-state index in [0.29, 0.717) is 13.1 Å². The third-order valence-electron chi connectivity index (χ3n) is 5.74. The number of aromatic amines is 2. The van der Waals surface area contributed by atoms with Gasteiger partial charge in [-0.2, -0.15) is 0 Å². The van der Waals surface area contributed by atoms with Gasteiger partial charge in [-0.05, 0) is 24.0 Å². The number of hydrogen-bond donors (Lipinski definition) is 2. The lowest BCUT2D eigenvalue weighted by molar-refractivity contribution is -0.132. The first-order valence-electron chi connectivity index (χ1n) is 9.78. The van der Waals surface area contributed by atoms with Gasteiger partial charge in [0.15, 0.2) is 0 Å². The van der Waals surface area contributed by atoms with Crippen LogP contribution in [0, 0.1) is 0 Å². The quantitative estimate of drug-likeness (QED) is 0.717. The first-order chi connectivity index (χ1) is 14.1. The first-order valence-corrected chi connectivity index (χ1v) is 9.78. The fourth-order valence-electron chi connectivity index (χ4n) is 4.26. The fraction of sp³-hybridized carbons (Fsp3) is 0.261. The van der Waals surface area contributed by atoms with Crippen LogP contribution in [0.15, 0.2) is 76.4 Å². The Bertz CT molecular complexity index is 1060. The maximum atomic E-state index is 13.0. The van der Waals surface area contributed by atoms with Crippen LogP contribution in [0.2, 0.25) is 0 Å². The van der Waals surface area contributed by atoms with Crippen molar-refractivity contribution in [1.29, 1.82) is 0 Å². The number of H-pyrrole nitrogens is 2. The molecular weight excluding hydrogens is 366 g/mol. The largest absolute Gasteiger partial charge is 0.341 e. The molecule has 0 aliphatic carbocycles. The van der Waals surface area contributed by atoms with Crippen LogP contribution in [0.4, 0.5) is 0 Å². The Morgan fingerprint density at radius 3 is 2.17 bits per heavy atom. The van der Waals surface area contributed by atoms with E-state index in [2.05, 4.69) is 34.2 Å². The zero-order valence-electron chi connectivity index (χ0n) is 16.1. The summed E-state index contributed by atoms with van der Waals surface area (Å²) in [5, 5.41) is 0. The molecule has 1 fully saturated rings. The molecule has 0 spiro atoms. The number of carbonyl (C=O) groups is 1. The Kier molecular flexibility index (Phi) is 5.16. The number of aromatic nitrogens is 2. The number of amides is 1. The van der Waals surface area contributed by atoms with Crippen LogP contribution >= 0.6 is 0 Å². The molecule has 1 aromatic heterocycles. The van der Waals surface area contributed by atoms with Crippen LogP contribution in [-0.2, 0) is 16.6 Å². The molecule has 6 heteroatoms. The minimum Gasteiger partial charge on any atom is -0.341 e. The van der Waals surface area contributed by atoms with Crippen LogP contribution in [0.5, 0.6) is 0 Å². The molecule has 6 nitrogen and oxygen atoms in total. The van der Waals surface area contributed by atoms with Crippen LogP contribution in [0.25, 0.3) is 0 Å². The first kappa shape index (κ1) is 18.9. The summed E-state index contributed by atoms with van der Waals surface area (Å²) >= 11 is 0. The molecule has 2 heterocycles. The summed E-state index contributed by atoms with van der Waals surface area (Å²) in [4.78, 5) is 42.7. The van der Waals surface area contributed by atoms with Gasteiger partial charge < -0.3 is 9.88 Å². The van der Waals surface area contributed by atoms with Crippen LogP contribution < -0.4 is 11.2 Å². The summed E-state index contributed by atoms with van der Waals surface area (Å²) < 4.78 is 0. The van der Waals surface area contributed by atoms with Crippen molar-refractivity contribution < 1.29 is 4.79 Å². The Morgan fingerprint density at radius 2 is 1.59 bits per heavy atom. The van der Waals surface area contributed by atoms with E-state index >= 15 is 0 Å². The maximum Gasteiger partial charge on any atom is 0.325 e. The zero-order valence-corrected chi connectivity index (χ0v) is 16.1. The lowest BCUT2D eigenvalue weighted by atomic mass is 9.69. The molecule has 1 saturated heterocycles. The number of carbonyl (C=O) groups excluding carboxylic acids is 1. The van der Waals surface area contributed by atoms with E-state index in [1.807, 2.05) is 41.3 Å². The molecule has 1 aliphatic heterocycles. The van der Waals surface area contributed by atoms with E-state index in [-0.39, 0.29) is 23.3 Å². The normalized spacial score (nSPS) is 15.8. The highest BCUT2D eigenvalue weighted by Crippen LogP contribution is 2.40. The van der Waals surface area contributed by atoms with E-state index in [1.165, 1.54) is 17.3 Å². The molecule has 0 bridgehead atoms. The predicted octanol–water partition coefficient (Wildman–Crippen LogP) is 2.21. The Labute approximate surface area is 168 Å². The molecule has 29 heavy (non-hydrogen) atoms. The van der Waals surface area contributed by atoms with Gasteiger partial charge in [0.2, 0.25) is 5.91 Å². The third kappa shape index (κ3) is 3.78. The SMILES string of the molecule is O=C(Cc1c[nH]c(=O)[nH]c1=O)N1CCCC(c2ccccc2)(c2ccccc2)C1. The topological polar surface area (TPSA) is 86.0 Å². The van der Waals surface area contributed by atoms with Gasteiger partial charge in [0, 0.05) is 30.3 Å². The minimum absolute atomic E-state index is 0.0359. The molecule has 148 valence electrons. The second kappa shape index (κ2) is 7.91. The van der Waals surface area contributed by atoms with Crippen molar-refractivity contribution in [2.75, 3.05) is 13.1 Å². The fourth-order valence-corrected chi connectivity index (χ4v) is 4.26. The Balaban J connectivity index is 1.66. The average molecular weight is 389 g/mol. The standard InChI is InChI=1S/C23H23N3O3/c27-20(14-17-15-24-22(29)25-21(17)28)26-13-7-12-23(16-26,18-8-3-1-4-9-18)19-10-5-2-6-11-19/h1-6,8-11,15H,7,12-14,16H2,(H2,24,25,28,29). The third-order valence-corrected chi connectivity index (χ3v) is 5.74. The smallest absolute Gasteiger partial charge is 0.325 e. The summed E-state index contributed by atoms with van der Waals surface area (Å²) in [7, 11) is 0. The summed E-state index contributed by atoms with van der Waals surface area (Å²) in [6, 6.07) is 20.6. The van der Waals surface area contributed by atoms with Gasteiger partial charge in [0.05, 0.1) is 6.42 Å². The summed E-state index contributed by atoms with van der Waals surface area (Å²) in [6.07, 6.45) is 3.11. The summed E-state index contributed by atoms with van der Waals surface area (Å²) in [5.74, 6) is -0.113. The van der Waals surface area contributed by atoms with E-state index < -0.39 is 11.2 Å². The number of rotatable bonds is 4. The molecule has 2 N–H and O–H groups in total. The number of nitrogens with zero attached hydrogens (tertiary/aromatic N) is 1. The van der Waals surface area contributed by atoms with Crippen molar-refractivity contribution in [2.45, 2.75) is 24.7 Å². The number of nitrogens with one attached hydrogen (secondary N) is 2. The highest BCUT2D eigenvalue weighted by atomic mass is 16.2. The van der Waals surface area contributed by atoms with Gasteiger partial charge in [-0.25, -0.2) is 4.79 Å². The molecule has 0 atom stereocenters. The number of benzene rings is 2. The average Bonchev–Trinajstić information content (AvgIpc) is 2.77. The van der Waals surface area contributed by atoms with Crippen LogP contribution in [-0.4, -0.2) is 33.9 Å². The Morgan fingerprint density at radius 1 is 0.966 bits per heavy atom. The highest BCUT2D eigenvalue weighted by molar-refractivity contribution is 5.79. The molecule has 3 aromatic rings. The zero-order chi connectivity index (χ0) is 20.3. The van der Waals surface area contributed by atoms with Crippen molar-refractivity contribution in [3.63, 3.8) is 0 Å². The van der Waals surface area contributed by atoms with Gasteiger partial charge in [-0.3, -0.25) is 14.6 Å². The van der Waals surface area contributed by atoms with Gasteiger partial charge in [0.25, 0.3) is 5.56 Å². The molecule has 0 unspecified atom stereocenters. The molecular formula is C23H23N3O3. The van der Waals surface area contributed by atoms with Crippen LogP contribution in [0.1, 0.15) is 29.5 Å². The monoisotopic (exact) mass is 389 g/mol. The lowest BCUT2D eigenvalue weighted by Crippen LogP contribution is -2.49. The van der Waals surface area contributed by atoms with Gasteiger partial charge in [0.1, 0.15) is 0 Å². The van der Waals surface area contributed by atoms with E-state index in [9.17, 15) is 14.4 Å². The van der Waals surface area contributed by atoms with Crippen molar-refractivity contribution in [3.8, 4) is 0 Å². The predicted molar refractivity (Wildman–Crippen MR) is 111 cm³/mol. The highest BCUT2D eigenvalue weighted by Gasteiger charge is 2.40. The molecule has 0 radical (unpaired) electrons. The Hall–Kier alpha value is -3.41. The van der Waals surface area contributed by atoms with Crippen molar-refractivity contribution in [1.82, 2.24) is 14.9 Å². The minimum atomic E-state index is -0.573. The van der Waals surface area contributed by atoms with Gasteiger partial charge in [-0.15, -0.1) is 0 Å². The van der Waals surface area contributed by atoms with Gasteiger partial charge in [-0.1, -0.05) is 60.7 Å². The molecule has 1 amide bonds. The molecule has 0 saturated carbocycles. The van der Waals surface area contributed by atoms with E-state index in [1.54, 1.807) is 0 Å².